The largest absolute Gasteiger partial charge is 0.331 e. The van der Waals surface area contributed by atoms with E-state index in [0.717, 1.165) is 10.0 Å². The fourth-order valence-corrected chi connectivity index (χ4v) is 1.69. The van der Waals surface area contributed by atoms with Crippen LogP contribution in [0.2, 0.25) is 0 Å². The van der Waals surface area contributed by atoms with Crippen LogP contribution in [0.25, 0.3) is 6.08 Å². The maximum atomic E-state index is 11.8. The summed E-state index contributed by atoms with van der Waals surface area (Å²) in [7, 11) is 1.80. The summed E-state index contributed by atoms with van der Waals surface area (Å²) in [6.45, 7) is 0. The Kier molecular flexibility index (Phi) is 3.54. The van der Waals surface area contributed by atoms with Crippen molar-refractivity contribution in [3.8, 4) is 0 Å². The summed E-state index contributed by atoms with van der Waals surface area (Å²) in [5, 5.41) is 0. The number of benzene rings is 1. The van der Waals surface area contributed by atoms with Crippen LogP contribution in [0, 0.1) is 0 Å². The molecule has 4 heteroatoms. The number of hydrogen-bond acceptors (Lipinski definition) is 2. The van der Waals surface area contributed by atoms with Crippen LogP contribution >= 0.6 is 15.9 Å². The molecule has 0 atom stereocenters. The molecule has 1 heterocycles. The molecule has 0 aliphatic rings. The summed E-state index contributed by atoms with van der Waals surface area (Å²) in [6.07, 6.45) is 6.68. The molecule has 17 heavy (non-hydrogen) atoms. The number of halogens is 1. The SMILES string of the molecule is Cn1ccnc1C(=O)C=Cc1ccc(Br)cc1. The average molecular weight is 291 g/mol. The maximum Gasteiger partial charge on any atom is 0.221 e. The zero-order chi connectivity index (χ0) is 12.3. The van der Waals surface area contributed by atoms with E-state index in [2.05, 4.69) is 20.9 Å². The van der Waals surface area contributed by atoms with Gasteiger partial charge in [0.15, 0.2) is 5.82 Å². The van der Waals surface area contributed by atoms with Gasteiger partial charge in [0.2, 0.25) is 5.78 Å². The molecule has 0 spiro atoms. The quantitative estimate of drug-likeness (QED) is 0.643. The highest BCUT2D eigenvalue weighted by Crippen LogP contribution is 2.11. The minimum Gasteiger partial charge on any atom is -0.331 e. The van der Waals surface area contributed by atoms with Gasteiger partial charge in [0.05, 0.1) is 0 Å². The van der Waals surface area contributed by atoms with Gasteiger partial charge < -0.3 is 4.57 Å². The summed E-state index contributed by atoms with van der Waals surface area (Å²) in [5.74, 6) is 0.346. The van der Waals surface area contributed by atoms with Crippen LogP contribution in [0.15, 0.2) is 47.2 Å². The highest BCUT2D eigenvalue weighted by Gasteiger charge is 2.06. The zero-order valence-corrected chi connectivity index (χ0v) is 10.9. The first-order valence-corrected chi connectivity index (χ1v) is 5.91. The van der Waals surface area contributed by atoms with Crippen LogP contribution in [-0.2, 0) is 7.05 Å². The third-order valence-electron chi connectivity index (χ3n) is 2.34. The van der Waals surface area contributed by atoms with E-state index in [1.54, 1.807) is 30.1 Å². The van der Waals surface area contributed by atoms with Gasteiger partial charge in [-0.15, -0.1) is 0 Å². The third kappa shape index (κ3) is 2.91. The number of nitrogens with zero attached hydrogens (tertiary/aromatic N) is 2. The van der Waals surface area contributed by atoms with Crippen molar-refractivity contribution in [2.75, 3.05) is 0 Å². The summed E-state index contributed by atoms with van der Waals surface area (Å²) in [4.78, 5) is 15.8. The van der Waals surface area contributed by atoms with Crippen LogP contribution in [0.1, 0.15) is 16.2 Å². The highest BCUT2D eigenvalue weighted by atomic mass is 79.9. The zero-order valence-electron chi connectivity index (χ0n) is 9.30. The number of carbonyl (C=O) groups is 1. The van der Waals surface area contributed by atoms with Gasteiger partial charge in [-0.3, -0.25) is 4.79 Å². The van der Waals surface area contributed by atoms with E-state index in [-0.39, 0.29) is 5.78 Å². The first kappa shape index (κ1) is 11.8. The first-order valence-electron chi connectivity index (χ1n) is 5.12. The van der Waals surface area contributed by atoms with Crippen molar-refractivity contribution >= 4 is 27.8 Å². The third-order valence-corrected chi connectivity index (χ3v) is 2.87. The number of rotatable bonds is 3. The van der Waals surface area contributed by atoms with Gasteiger partial charge in [-0.25, -0.2) is 4.98 Å². The minimum atomic E-state index is -0.0968. The Morgan fingerprint density at radius 2 is 2.06 bits per heavy atom. The first-order chi connectivity index (χ1) is 8.16. The molecule has 1 aromatic heterocycles. The van der Waals surface area contributed by atoms with Gasteiger partial charge in [-0.2, -0.15) is 0 Å². The predicted molar refractivity (Wildman–Crippen MR) is 70.7 cm³/mol. The molecule has 2 aromatic rings. The van der Waals surface area contributed by atoms with E-state index in [1.807, 2.05) is 24.3 Å². The van der Waals surface area contributed by atoms with Crippen molar-refractivity contribution < 1.29 is 4.79 Å². The monoisotopic (exact) mass is 290 g/mol. The fraction of sp³-hybridized carbons (Fsp3) is 0.0769. The number of aromatic nitrogens is 2. The Labute approximate surface area is 108 Å². The lowest BCUT2D eigenvalue weighted by Crippen LogP contribution is -2.03. The van der Waals surface area contributed by atoms with Crippen molar-refractivity contribution in [1.29, 1.82) is 0 Å². The number of ketones is 1. The Bertz CT molecular complexity index is 555. The van der Waals surface area contributed by atoms with Gasteiger partial charge in [0.25, 0.3) is 0 Å². The fourth-order valence-electron chi connectivity index (χ4n) is 1.42. The van der Waals surface area contributed by atoms with E-state index in [4.69, 9.17) is 0 Å². The van der Waals surface area contributed by atoms with Gasteiger partial charge in [-0.05, 0) is 23.8 Å². The van der Waals surface area contributed by atoms with E-state index >= 15 is 0 Å². The van der Waals surface area contributed by atoms with E-state index in [0.29, 0.717) is 5.82 Å². The van der Waals surface area contributed by atoms with Gasteiger partial charge in [0, 0.05) is 23.9 Å². The lowest BCUT2D eigenvalue weighted by Gasteiger charge is -1.96. The molecule has 86 valence electrons. The summed E-state index contributed by atoms with van der Waals surface area (Å²) < 4.78 is 2.72. The van der Waals surface area contributed by atoms with Crippen molar-refractivity contribution in [2.45, 2.75) is 0 Å². The van der Waals surface area contributed by atoms with Gasteiger partial charge >= 0.3 is 0 Å². The molecular weight excluding hydrogens is 280 g/mol. The number of hydrogen-bond donors (Lipinski definition) is 0. The topological polar surface area (TPSA) is 34.9 Å². The number of allylic oxidation sites excluding steroid dienone is 1. The smallest absolute Gasteiger partial charge is 0.221 e. The van der Waals surface area contributed by atoms with Crippen molar-refractivity contribution in [3.63, 3.8) is 0 Å². The molecule has 0 fully saturated rings. The molecule has 3 nitrogen and oxygen atoms in total. The van der Waals surface area contributed by atoms with Crippen LogP contribution in [0.4, 0.5) is 0 Å². The maximum absolute atomic E-state index is 11.8. The summed E-state index contributed by atoms with van der Waals surface area (Å²) in [6, 6.07) is 7.74. The van der Waals surface area contributed by atoms with E-state index in [1.165, 1.54) is 6.08 Å². The number of imidazole rings is 1. The second-order valence-corrected chi connectivity index (χ2v) is 4.53. The molecule has 0 unspecified atom stereocenters. The molecule has 0 bridgehead atoms. The van der Waals surface area contributed by atoms with E-state index < -0.39 is 0 Å². The van der Waals surface area contributed by atoms with Gasteiger partial charge in [-0.1, -0.05) is 34.1 Å². The molecule has 0 saturated carbocycles. The lowest BCUT2D eigenvalue weighted by atomic mass is 10.2. The molecular formula is C13H11BrN2O. The minimum absolute atomic E-state index is 0.0968. The lowest BCUT2D eigenvalue weighted by molar-refractivity contribution is 0.103. The average Bonchev–Trinajstić information content (AvgIpc) is 2.74. The number of aryl methyl sites for hydroxylation is 1. The predicted octanol–water partition coefficient (Wildman–Crippen LogP) is 3.08. The Hall–Kier alpha value is -1.68. The second-order valence-electron chi connectivity index (χ2n) is 3.61. The molecule has 0 aliphatic carbocycles. The van der Waals surface area contributed by atoms with Crippen LogP contribution < -0.4 is 0 Å². The summed E-state index contributed by atoms with van der Waals surface area (Å²) >= 11 is 3.36. The normalized spacial score (nSPS) is 10.9. The van der Waals surface area contributed by atoms with Crippen molar-refractivity contribution in [2.24, 2.45) is 7.05 Å². The molecule has 0 amide bonds. The van der Waals surface area contributed by atoms with Crippen molar-refractivity contribution in [3.05, 3.63) is 58.6 Å². The second kappa shape index (κ2) is 5.10. The molecule has 0 saturated heterocycles. The molecule has 2 rings (SSSR count). The van der Waals surface area contributed by atoms with E-state index in [9.17, 15) is 4.79 Å². The highest BCUT2D eigenvalue weighted by molar-refractivity contribution is 9.10. The molecule has 0 radical (unpaired) electrons. The van der Waals surface area contributed by atoms with Crippen LogP contribution in [0.5, 0.6) is 0 Å². The molecule has 1 aromatic carbocycles. The van der Waals surface area contributed by atoms with Crippen LogP contribution in [-0.4, -0.2) is 15.3 Å². The summed E-state index contributed by atoms with van der Waals surface area (Å²) in [5.41, 5.74) is 0.982. The Morgan fingerprint density at radius 3 is 2.65 bits per heavy atom. The van der Waals surface area contributed by atoms with Crippen LogP contribution in [0.3, 0.4) is 0 Å². The Morgan fingerprint density at radius 1 is 1.35 bits per heavy atom. The standard InChI is InChI=1S/C13H11BrN2O/c1-16-9-8-15-13(16)12(17)7-4-10-2-5-11(14)6-3-10/h2-9H,1H3. The number of carbonyl (C=O) groups excluding carboxylic acids is 1. The van der Waals surface area contributed by atoms with Gasteiger partial charge in [0.1, 0.15) is 0 Å². The Balaban J connectivity index is 2.14. The molecule has 0 N–H and O–H groups in total. The molecule has 0 aliphatic heterocycles. The van der Waals surface area contributed by atoms with Crippen molar-refractivity contribution in [1.82, 2.24) is 9.55 Å².